The second-order valence-corrected chi connectivity index (χ2v) is 6.73. The molecule has 1 aliphatic carbocycles. The van der Waals surface area contributed by atoms with Crippen LogP contribution in [0.2, 0.25) is 0 Å². The van der Waals surface area contributed by atoms with E-state index in [9.17, 15) is 14.7 Å². The predicted molar refractivity (Wildman–Crippen MR) is 87.2 cm³/mol. The largest absolute Gasteiger partial charge is 0.480 e. The van der Waals surface area contributed by atoms with Gasteiger partial charge >= 0.3 is 12.0 Å². The standard InChI is InChI=1S/C18H21N3O3/c19-10-13-11-21(12-13)17(24)20-18(16(22)23)8-6-15(7-9-18)14-4-2-1-3-5-14/h1-5,13,15H,6-9,11-12H2,(H,20,24)(H,22,23). The molecule has 0 unspecified atom stereocenters. The van der Waals surface area contributed by atoms with Gasteiger partial charge in [0.2, 0.25) is 0 Å². The average molecular weight is 327 g/mol. The highest BCUT2D eigenvalue weighted by Crippen LogP contribution is 2.38. The van der Waals surface area contributed by atoms with Gasteiger partial charge in [0.1, 0.15) is 5.54 Å². The fourth-order valence-corrected chi connectivity index (χ4v) is 3.57. The minimum atomic E-state index is -1.19. The lowest BCUT2D eigenvalue weighted by Gasteiger charge is -2.41. The Labute approximate surface area is 141 Å². The van der Waals surface area contributed by atoms with Crippen molar-refractivity contribution in [3.63, 3.8) is 0 Å². The Bertz CT molecular complexity index is 654. The van der Waals surface area contributed by atoms with E-state index in [1.807, 2.05) is 18.2 Å². The number of carboxylic acid groups (broad SMARTS) is 1. The van der Waals surface area contributed by atoms with E-state index in [0.29, 0.717) is 31.8 Å². The lowest BCUT2D eigenvalue weighted by Crippen LogP contribution is -2.62. The minimum Gasteiger partial charge on any atom is -0.480 e. The molecule has 1 saturated carbocycles. The summed E-state index contributed by atoms with van der Waals surface area (Å²) in [4.78, 5) is 25.6. The number of hydrogen-bond acceptors (Lipinski definition) is 3. The molecule has 0 atom stereocenters. The maximum atomic E-state index is 12.3. The number of nitriles is 1. The summed E-state index contributed by atoms with van der Waals surface area (Å²) in [6.45, 7) is 0.759. The molecular weight excluding hydrogens is 306 g/mol. The highest BCUT2D eigenvalue weighted by molar-refractivity contribution is 5.86. The molecule has 2 amide bonds. The van der Waals surface area contributed by atoms with Gasteiger partial charge in [-0.15, -0.1) is 0 Å². The molecule has 6 heteroatoms. The summed E-state index contributed by atoms with van der Waals surface area (Å²) < 4.78 is 0. The van der Waals surface area contributed by atoms with Crippen molar-refractivity contribution in [1.29, 1.82) is 5.26 Å². The number of carboxylic acids is 1. The summed E-state index contributed by atoms with van der Waals surface area (Å²) in [6.07, 6.45) is 2.31. The van der Waals surface area contributed by atoms with Gasteiger partial charge < -0.3 is 15.3 Å². The number of nitrogens with zero attached hydrogens (tertiary/aromatic N) is 2. The minimum absolute atomic E-state index is 0.134. The molecule has 6 nitrogen and oxygen atoms in total. The molecule has 0 spiro atoms. The third-order valence-electron chi connectivity index (χ3n) is 5.22. The van der Waals surface area contributed by atoms with Crippen molar-refractivity contribution in [2.75, 3.05) is 13.1 Å². The van der Waals surface area contributed by atoms with Crippen LogP contribution in [0.1, 0.15) is 37.2 Å². The van der Waals surface area contributed by atoms with Gasteiger partial charge in [0.25, 0.3) is 0 Å². The average Bonchev–Trinajstić information content (AvgIpc) is 2.55. The van der Waals surface area contributed by atoms with Crippen molar-refractivity contribution < 1.29 is 14.7 Å². The molecule has 0 aromatic heterocycles. The number of rotatable bonds is 3. The van der Waals surface area contributed by atoms with Gasteiger partial charge in [0, 0.05) is 13.1 Å². The molecule has 1 aliphatic heterocycles. The molecule has 1 saturated heterocycles. The highest BCUT2D eigenvalue weighted by atomic mass is 16.4. The molecule has 1 aromatic rings. The number of carbonyl (C=O) groups is 2. The van der Waals surface area contributed by atoms with Crippen LogP contribution in [-0.4, -0.2) is 40.6 Å². The highest BCUT2D eigenvalue weighted by Gasteiger charge is 2.45. The molecule has 2 fully saturated rings. The van der Waals surface area contributed by atoms with Gasteiger partial charge in [0.15, 0.2) is 0 Å². The van der Waals surface area contributed by atoms with Gasteiger partial charge in [-0.25, -0.2) is 9.59 Å². The van der Waals surface area contributed by atoms with Gasteiger partial charge in [0.05, 0.1) is 12.0 Å². The van der Waals surface area contributed by atoms with E-state index in [4.69, 9.17) is 5.26 Å². The number of benzene rings is 1. The first-order valence-electron chi connectivity index (χ1n) is 8.29. The van der Waals surface area contributed by atoms with E-state index in [-0.39, 0.29) is 11.9 Å². The second kappa shape index (κ2) is 6.52. The number of aliphatic carboxylic acids is 1. The maximum absolute atomic E-state index is 12.3. The quantitative estimate of drug-likeness (QED) is 0.891. The number of likely N-dealkylation sites (tertiary alicyclic amines) is 1. The zero-order valence-electron chi connectivity index (χ0n) is 13.4. The summed E-state index contributed by atoms with van der Waals surface area (Å²) in [6, 6.07) is 11.8. The van der Waals surface area contributed by atoms with Crippen molar-refractivity contribution >= 4 is 12.0 Å². The van der Waals surface area contributed by atoms with E-state index in [1.54, 1.807) is 0 Å². The van der Waals surface area contributed by atoms with Gasteiger partial charge in [-0.1, -0.05) is 30.3 Å². The molecule has 3 rings (SSSR count). The number of urea groups is 1. The summed E-state index contributed by atoms with van der Waals surface area (Å²) in [5.41, 5.74) is 0.0301. The molecule has 1 heterocycles. The lowest BCUT2D eigenvalue weighted by molar-refractivity contribution is -0.146. The Morgan fingerprint density at radius 3 is 2.38 bits per heavy atom. The Morgan fingerprint density at radius 2 is 1.83 bits per heavy atom. The first-order chi connectivity index (χ1) is 11.5. The normalized spacial score (nSPS) is 27.0. The second-order valence-electron chi connectivity index (χ2n) is 6.73. The number of amides is 2. The Kier molecular flexibility index (Phi) is 4.43. The van der Waals surface area contributed by atoms with Crippen LogP contribution in [0.4, 0.5) is 4.79 Å². The molecule has 0 bridgehead atoms. The van der Waals surface area contributed by atoms with Crippen LogP contribution in [0, 0.1) is 17.2 Å². The molecule has 0 radical (unpaired) electrons. The van der Waals surface area contributed by atoms with Crippen molar-refractivity contribution in [2.24, 2.45) is 5.92 Å². The van der Waals surface area contributed by atoms with Gasteiger partial charge in [-0.05, 0) is 37.2 Å². The predicted octanol–water partition coefficient (Wildman–Crippen LogP) is 2.33. The van der Waals surface area contributed by atoms with Gasteiger partial charge in [-0.3, -0.25) is 0 Å². The van der Waals surface area contributed by atoms with E-state index < -0.39 is 11.5 Å². The van der Waals surface area contributed by atoms with Crippen LogP contribution in [0.3, 0.4) is 0 Å². The summed E-state index contributed by atoms with van der Waals surface area (Å²) in [5.74, 6) is -0.771. The first kappa shape index (κ1) is 16.3. The number of nitrogens with one attached hydrogen (secondary N) is 1. The monoisotopic (exact) mass is 327 g/mol. The summed E-state index contributed by atoms with van der Waals surface area (Å²) in [5, 5.41) is 21.2. The molecule has 2 N–H and O–H groups in total. The molecule has 1 aromatic carbocycles. The number of hydrogen-bond donors (Lipinski definition) is 2. The van der Waals surface area contributed by atoms with Crippen molar-refractivity contribution in [2.45, 2.75) is 37.1 Å². The summed E-state index contributed by atoms with van der Waals surface area (Å²) in [7, 11) is 0. The first-order valence-corrected chi connectivity index (χ1v) is 8.29. The molecular formula is C18H21N3O3. The van der Waals surface area contributed by atoms with Gasteiger partial charge in [-0.2, -0.15) is 5.26 Å². The van der Waals surface area contributed by atoms with Crippen LogP contribution in [0.15, 0.2) is 30.3 Å². The molecule has 126 valence electrons. The SMILES string of the molecule is N#CC1CN(C(=O)NC2(C(=O)O)CCC(c3ccccc3)CC2)C1. The van der Waals surface area contributed by atoms with Crippen LogP contribution < -0.4 is 5.32 Å². The fourth-order valence-electron chi connectivity index (χ4n) is 3.57. The zero-order valence-corrected chi connectivity index (χ0v) is 13.4. The van der Waals surface area contributed by atoms with Crippen molar-refractivity contribution in [3.8, 4) is 6.07 Å². The Morgan fingerprint density at radius 1 is 1.21 bits per heavy atom. The Hall–Kier alpha value is -2.55. The fraction of sp³-hybridized carbons (Fsp3) is 0.500. The van der Waals surface area contributed by atoms with Crippen LogP contribution in [-0.2, 0) is 4.79 Å². The number of carbonyl (C=O) groups excluding carboxylic acids is 1. The smallest absolute Gasteiger partial charge is 0.329 e. The summed E-state index contributed by atoms with van der Waals surface area (Å²) >= 11 is 0. The topological polar surface area (TPSA) is 93.4 Å². The zero-order chi connectivity index (χ0) is 17.2. The molecule has 2 aliphatic rings. The van der Waals surface area contributed by atoms with E-state index in [1.165, 1.54) is 10.5 Å². The van der Waals surface area contributed by atoms with Crippen LogP contribution in [0.25, 0.3) is 0 Å². The third-order valence-corrected chi connectivity index (χ3v) is 5.22. The van der Waals surface area contributed by atoms with Crippen LogP contribution >= 0.6 is 0 Å². The maximum Gasteiger partial charge on any atom is 0.329 e. The van der Waals surface area contributed by atoms with Crippen LogP contribution in [0.5, 0.6) is 0 Å². The Balaban J connectivity index is 1.63. The van der Waals surface area contributed by atoms with E-state index >= 15 is 0 Å². The lowest BCUT2D eigenvalue weighted by atomic mass is 9.74. The van der Waals surface area contributed by atoms with Crippen molar-refractivity contribution in [3.05, 3.63) is 35.9 Å². The third kappa shape index (κ3) is 3.07. The van der Waals surface area contributed by atoms with Crippen molar-refractivity contribution in [1.82, 2.24) is 10.2 Å². The van der Waals surface area contributed by atoms with E-state index in [0.717, 1.165) is 12.8 Å². The van der Waals surface area contributed by atoms with E-state index in [2.05, 4.69) is 23.5 Å². The molecule has 24 heavy (non-hydrogen) atoms.